The summed E-state index contributed by atoms with van der Waals surface area (Å²) in [6.07, 6.45) is 0. The van der Waals surface area contributed by atoms with E-state index < -0.39 is 6.04 Å². The van der Waals surface area contributed by atoms with Crippen molar-refractivity contribution >= 4 is 45.1 Å². The maximum absolute atomic E-state index is 13.3. The Morgan fingerprint density at radius 2 is 2.03 bits per heavy atom. The lowest BCUT2D eigenvalue weighted by atomic mass is 10.2. The summed E-state index contributed by atoms with van der Waals surface area (Å²) in [7, 11) is 0. The van der Waals surface area contributed by atoms with Gasteiger partial charge in [-0.2, -0.15) is 5.10 Å². The van der Waals surface area contributed by atoms with Gasteiger partial charge < -0.3 is 10.2 Å². The molecule has 1 N–H and O–H groups in total. The number of carbonyl (C=O) groups excluding carboxylic acids is 2. The van der Waals surface area contributed by atoms with E-state index in [-0.39, 0.29) is 17.6 Å². The van der Waals surface area contributed by atoms with Gasteiger partial charge in [-0.3, -0.25) is 14.3 Å². The molecular formula is C22H25FN4O2S2. The van der Waals surface area contributed by atoms with Crippen LogP contribution in [-0.4, -0.2) is 50.7 Å². The van der Waals surface area contributed by atoms with E-state index in [0.29, 0.717) is 35.5 Å². The molecule has 1 fully saturated rings. The minimum absolute atomic E-state index is 0.0909. The summed E-state index contributed by atoms with van der Waals surface area (Å²) in [4.78, 5) is 29.0. The van der Waals surface area contributed by atoms with Crippen LogP contribution in [0.2, 0.25) is 0 Å². The van der Waals surface area contributed by atoms with Gasteiger partial charge in [0.25, 0.3) is 5.91 Å². The molecule has 0 saturated carbocycles. The van der Waals surface area contributed by atoms with Crippen LogP contribution in [0.15, 0.2) is 30.3 Å². The van der Waals surface area contributed by atoms with Crippen LogP contribution >= 0.6 is 23.1 Å². The van der Waals surface area contributed by atoms with E-state index in [2.05, 4.69) is 10.4 Å². The third kappa shape index (κ3) is 4.62. The van der Waals surface area contributed by atoms with Gasteiger partial charge >= 0.3 is 0 Å². The second kappa shape index (κ2) is 9.00. The third-order valence-corrected chi connectivity index (χ3v) is 7.34. The number of rotatable bonds is 6. The highest BCUT2D eigenvalue weighted by Gasteiger charge is 2.36. The molecular weight excluding hydrogens is 435 g/mol. The molecule has 6 nitrogen and oxygen atoms in total. The predicted molar refractivity (Wildman–Crippen MR) is 123 cm³/mol. The number of nitrogens with one attached hydrogen (secondary N) is 1. The van der Waals surface area contributed by atoms with Gasteiger partial charge in [0.2, 0.25) is 5.91 Å². The average Bonchev–Trinajstić information content (AvgIpc) is 3.45. The summed E-state index contributed by atoms with van der Waals surface area (Å²) in [6.45, 7) is 7.10. The van der Waals surface area contributed by atoms with E-state index in [9.17, 15) is 14.0 Å². The van der Waals surface area contributed by atoms with E-state index in [1.165, 1.54) is 23.5 Å². The van der Waals surface area contributed by atoms with Crippen LogP contribution in [0.3, 0.4) is 0 Å². The first kappa shape index (κ1) is 21.8. The Hall–Kier alpha value is -2.39. The molecule has 0 spiro atoms. The first-order valence-electron chi connectivity index (χ1n) is 10.2. The van der Waals surface area contributed by atoms with Crippen LogP contribution in [0.4, 0.5) is 4.39 Å². The van der Waals surface area contributed by atoms with Crippen molar-refractivity contribution in [3.8, 4) is 0 Å². The molecule has 9 heteroatoms. The zero-order chi connectivity index (χ0) is 22.1. The molecule has 164 valence electrons. The Bertz CT molecular complexity index is 1110. The number of thioether (sulfide) groups is 1. The van der Waals surface area contributed by atoms with Crippen LogP contribution in [0.5, 0.6) is 0 Å². The number of thiophene rings is 1. The van der Waals surface area contributed by atoms with E-state index in [1.54, 1.807) is 28.8 Å². The van der Waals surface area contributed by atoms with Gasteiger partial charge in [-0.1, -0.05) is 26.0 Å². The molecule has 3 aromatic rings. The number of carbonyl (C=O) groups is 2. The Kier molecular flexibility index (Phi) is 6.34. The number of amides is 2. The number of aromatic nitrogens is 2. The Morgan fingerprint density at radius 3 is 2.74 bits per heavy atom. The molecule has 2 aromatic heterocycles. The van der Waals surface area contributed by atoms with Crippen LogP contribution in [0.1, 0.15) is 34.8 Å². The number of halogens is 1. The Balaban J connectivity index is 1.56. The summed E-state index contributed by atoms with van der Waals surface area (Å²) in [5.74, 6) is 0.989. The Morgan fingerprint density at radius 1 is 1.29 bits per heavy atom. The Labute approximate surface area is 188 Å². The van der Waals surface area contributed by atoms with E-state index in [1.807, 2.05) is 31.5 Å². The fraction of sp³-hybridized carbons (Fsp3) is 0.409. The predicted octanol–water partition coefficient (Wildman–Crippen LogP) is 3.88. The van der Waals surface area contributed by atoms with Crippen LogP contribution in [0, 0.1) is 18.7 Å². The van der Waals surface area contributed by atoms with Gasteiger partial charge in [0.05, 0.1) is 23.0 Å². The summed E-state index contributed by atoms with van der Waals surface area (Å²) in [5.41, 5.74) is 1.78. The largest absolute Gasteiger partial charge is 0.354 e. The maximum Gasteiger partial charge on any atom is 0.265 e. The zero-order valence-corrected chi connectivity index (χ0v) is 19.4. The highest BCUT2D eigenvalue weighted by molar-refractivity contribution is 7.99. The molecule has 1 aliphatic rings. The lowest BCUT2D eigenvalue weighted by molar-refractivity contribution is -0.124. The number of hydrogen-bond acceptors (Lipinski definition) is 5. The van der Waals surface area contributed by atoms with Crippen molar-refractivity contribution < 1.29 is 14.0 Å². The first-order valence-corrected chi connectivity index (χ1v) is 12.2. The van der Waals surface area contributed by atoms with Gasteiger partial charge in [0.15, 0.2) is 0 Å². The zero-order valence-electron chi connectivity index (χ0n) is 17.7. The second-order valence-electron chi connectivity index (χ2n) is 8.13. The van der Waals surface area contributed by atoms with Crippen molar-refractivity contribution in [2.24, 2.45) is 5.92 Å². The van der Waals surface area contributed by atoms with Crippen molar-refractivity contribution in [3.05, 3.63) is 52.3 Å². The van der Waals surface area contributed by atoms with E-state index >= 15 is 0 Å². The number of nitrogens with zero attached hydrogens (tertiary/aromatic N) is 3. The van der Waals surface area contributed by atoms with Crippen molar-refractivity contribution in [1.82, 2.24) is 20.0 Å². The molecule has 31 heavy (non-hydrogen) atoms. The highest BCUT2D eigenvalue weighted by atomic mass is 32.2. The molecule has 0 bridgehead atoms. The van der Waals surface area contributed by atoms with Gasteiger partial charge in [-0.25, -0.2) is 4.39 Å². The monoisotopic (exact) mass is 460 g/mol. The van der Waals surface area contributed by atoms with E-state index in [4.69, 9.17) is 0 Å². The van der Waals surface area contributed by atoms with Crippen molar-refractivity contribution in [3.63, 3.8) is 0 Å². The lowest BCUT2D eigenvalue weighted by Gasteiger charge is -2.22. The SMILES string of the molecule is Cc1nn(Cc2ccc(F)cc2)c2sc(C(=O)N3CSCC3C(=O)NCC(C)C)cc12. The van der Waals surface area contributed by atoms with Crippen molar-refractivity contribution in [1.29, 1.82) is 0 Å². The normalized spacial score (nSPS) is 16.4. The minimum atomic E-state index is -0.446. The topological polar surface area (TPSA) is 67.2 Å². The maximum atomic E-state index is 13.3. The van der Waals surface area contributed by atoms with Crippen LogP contribution in [-0.2, 0) is 11.3 Å². The van der Waals surface area contributed by atoms with Gasteiger partial charge in [-0.05, 0) is 36.6 Å². The molecule has 3 heterocycles. The number of benzene rings is 1. The second-order valence-corrected chi connectivity index (χ2v) is 10.2. The standard InChI is InChI=1S/C22H25FN4O2S2/c1-13(2)9-24-20(28)18-11-30-12-26(18)21(29)19-8-17-14(3)25-27(22(17)31-19)10-15-4-6-16(23)7-5-15/h4-8,13,18H,9-12H2,1-3H3,(H,24,28). The molecule has 2 amide bonds. The molecule has 4 rings (SSSR count). The molecule has 1 atom stereocenters. The fourth-order valence-electron chi connectivity index (χ4n) is 3.51. The quantitative estimate of drug-likeness (QED) is 0.606. The van der Waals surface area contributed by atoms with Crippen LogP contribution < -0.4 is 5.32 Å². The molecule has 0 aliphatic carbocycles. The fourth-order valence-corrected chi connectivity index (χ4v) is 5.78. The summed E-state index contributed by atoms with van der Waals surface area (Å²) in [6, 6.07) is 7.76. The molecule has 1 unspecified atom stereocenters. The molecule has 0 radical (unpaired) electrons. The summed E-state index contributed by atoms with van der Waals surface area (Å²) in [5, 5.41) is 8.47. The smallest absolute Gasteiger partial charge is 0.265 e. The van der Waals surface area contributed by atoms with E-state index in [0.717, 1.165) is 21.5 Å². The first-order chi connectivity index (χ1) is 14.8. The minimum Gasteiger partial charge on any atom is -0.354 e. The number of fused-ring (bicyclic) bond motifs is 1. The van der Waals surface area contributed by atoms with Gasteiger partial charge in [0.1, 0.15) is 16.7 Å². The van der Waals surface area contributed by atoms with Crippen molar-refractivity contribution in [2.45, 2.75) is 33.4 Å². The average molecular weight is 461 g/mol. The summed E-state index contributed by atoms with van der Waals surface area (Å²) >= 11 is 2.98. The third-order valence-electron chi connectivity index (χ3n) is 5.19. The number of aryl methyl sites for hydroxylation is 1. The molecule has 1 aliphatic heterocycles. The highest BCUT2D eigenvalue weighted by Crippen LogP contribution is 2.32. The van der Waals surface area contributed by atoms with Gasteiger partial charge in [0, 0.05) is 17.7 Å². The summed E-state index contributed by atoms with van der Waals surface area (Å²) < 4.78 is 15.1. The van der Waals surface area contributed by atoms with Gasteiger partial charge in [-0.15, -0.1) is 23.1 Å². The van der Waals surface area contributed by atoms with Crippen LogP contribution in [0.25, 0.3) is 10.2 Å². The lowest BCUT2D eigenvalue weighted by Crippen LogP contribution is -2.47. The van der Waals surface area contributed by atoms with Crippen molar-refractivity contribution in [2.75, 3.05) is 18.2 Å². The number of hydrogen-bond donors (Lipinski definition) is 1. The molecule has 1 aromatic carbocycles. The molecule has 1 saturated heterocycles.